The van der Waals surface area contributed by atoms with Crippen molar-refractivity contribution in [2.75, 3.05) is 14.2 Å². The molecule has 0 spiro atoms. The van der Waals surface area contributed by atoms with E-state index in [1.54, 1.807) is 24.9 Å². The predicted octanol–water partition coefficient (Wildman–Crippen LogP) is 1.53. The van der Waals surface area contributed by atoms with Gasteiger partial charge in [0.25, 0.3) is 0 Å². The Labute approximate surface area is 135 Å². The minimum atomic E-state index is -0.193. The van der Waals surface area contributed by atoms with Crippen LogP contribution in [0.25, 0.3) is 0 Å². The number of nitrogens with zero attached hydrogens (tertiary/aromatic N) is 2. The standard InChI is InChI=1S/C17H19N3O3/c1-13(14-7-8-15(22-2)16(11-14)23-3)18-19-17(21)12-20-9-5-4-6-10-20/h4-11H,12H2,1-3H3/p+1/b18-13-. The normalized spacial score (nSPS) is 11.0. The Balaban J connectivity index is 2.03. The van der Waals surface area contributed by atoms with Gasteiger partial charge in [0, 0.05) is 17.7 Å². The Morgan fingerprint density at radius 1 is 1.13 bits per heavy atom. The topological polar surface area (TPSA) is 63.8 Å². The molecule has 1 N–H and O–H groups in total. The summed E-state index contributed by atoms with van der Waals surface area (Å²) in [6.45, 7) is 2.03. The van der Waals surface area contributed by atoms with Gasteiger partial charge in [-0.1, -0.05) is 6.07 Å². The Morgan fingerprint density at radius 3 is 2.48 bits per heavy atom. The SMILES string of the molecule is COc1ccc(/C(C)=N\NC(=O)C[n+]2ccccc2)cc1OC. The zero-order valence-corrected chi connectivity index (χ0v) is 13.4. The van der Waals surface area contributed by atoms with Gasteiger partial charge in [-0.15, -0.1) is 0 Å². The summed E-state index contributed by atoms with van der Waals surface area (Å²) in [7, 11) is 3.16. The summed E-state index contributed by atoms with van der Waals surface area (Å²) in [5.41, 5.74) is 4.07. The minimum Gasteiger partial charge on any atom is -0.493 e. The van der Waals surface area contributed by atoms with Gasteiger partial charge in [-0.25, -0.2) is 5.43 Å². The average molecular weight is 314 g/mol. The summed E-state index contributed by atoms with van der Waals surface area (Å²) < 4.78 is 12.2. The summed E-state index contributed by atoms with van der Waals surface area (Å²) in [4.78, 5) is 11.9. The van der Waals surface area contributed by atoms with Crippen molar-refractivity contribution in [3.05, 3.63) is 54.4 Å². The molecular weight excluding hydrogens is 294 g/mol. The van der Waals surface area contributed by atoms with Crippen LogP contribution in [0.4, 0.5) is 0 Å². The molecule has 0 unspecified atom stereocenters. The third-order valence-corrected chi connectivity index (χ3v) is 3.25. The molecule has 0 aliphatic heterocycles. The molecule has 0 saturated heterocycles. The minimum absolute atomic E-state index is 0.193. The molecule has 0 atom stereocenters. The van der Waals surface area contributed by atoms with Crippen molar-refractivity contribution in [2.45, 2.75) is 13.5 Å². The van der Waals surface area contributed by atoms with Crippen LogP contribution >= 0.6 is 0 Å². The first-order chi connectivity index (χ1) is 11.1. The third kappa shape index (κ3) is 4.54. The number of benzene rings is 1. The fourth-order valence-corrected chi connectivity index (χ4v) is 2.01. The van der Waals surface area contributed by atoms with E-state index in [1.165, 1.54) is 0 Å². The number of aromatic nitrogens is 1. The van der Waals surface area contributed by atoms with Crippen molar-refractivity contribution in [1.82, 2.24) is 5.43 Å². The van der Waals surface area contributed by atoms with Gasteiger partial charge in [0.05, 0.1) is 19.9 Å². The van der Waals surface area contributed by atoms with E-state index in [-0.39, 0.29) is 12.5 Å². The molecule has 23 heavy (non-hydrogen) atoms. The van der Waals surface area contributed by atoms with Gasteiger partial charge in [-0.2, -0.15) is 9.67 Å². The van der Waals surface area contributed by atoms with Crippen LogP contribution in [0.15, 0.2) is 53.9 Å². The highest BCUT2D eigenvalue weighted by Crippen LogP contribution is 2.27. The number of hydrogen-bond donors (Lipinski definition) is 1. The lowest BCUT2D eigenvalue weighted by atomic mass is 10.1. The fraction of sp³-hybridized carbons (Fsp3) is 0.235. The lowest BCUT2D eigenvalue weighted by Gasteiger charge is -2.09. The molecule has 0 radical (unpaired) electrons. The van der Waals surface area contributed by atoms with E-state index in [2.05, 4.69) is 10.5 Å². The maximum absolute atomic E-state index is 11.9. The van der Waals surface area contributed by atoms with E-state index in [0.717, 1.165) is 5.56 Å². The molecule has 6 heteroatoms. The van der Waals surface area contributed by atoms with Crippen LogP contribution in [0.3, 0.4) is 0 Å². The second kappa shape index (κ2) is 7.93. The van der Waals surface area contributed by atoms with Crippen LogP contribution in [0.2, 0.25) is 0 Å². The number of rotatable bonds is 6. The Morgan fingerprint density at radius 2 is 1.83 bits per heavy atom. The number of carbonyl (C=O) groups is 1. The first kappa shape index (κ1) is 16.5. The number of hydrazone groups is 1. The average Bonchev–Trinajstić information content (AvgIpc) is 2.59. The third-order valence-electron chi connectivity index (χ3n) is 3.25. The number of methoxy groups -OCH3 is 2. The zero-order chi connectivity index (χ0) is 16.7. The molecule has 1 amide bonds. The number of nitrogens with one attached hydrogen (secondary N) is 1. The molecule has 6 nitrogen and oxygen atoms in total. The van der Waals surface area contributed by atoms with Gasteiger partial charge in [-0.3, -0.25) is 4.79 Å². The molecule has 0 aliphatic carbocycles. The Bertz CT molecular complexity index is 699. The first-order valence-corrected chi connectivity index (χ1v) is 7.13. The van der Waals surface area contributed by atoms with Crippen LogP contribution < -0.4 is 19.5 Å². The van der Waals surface area contributed by atoms with Crippen LogP contribution in [0, 0.1) is 0 Å². The van der Waals surface area contributed by atoms with E-state index in [4.69, 9.17) is 9.47 Å². The molecule has 1 aromatic carbocycles. The van der Waals surface area contributed by atoms with Crippen LogP contribution in [-0.2, 0) is 11.3 Å². The van der Waals surface area contributed by atoms with Gasteiger partial charge in [0.2, 0.25) is 6.54 Å². The smallest absolute Gasteiger partial charge is 0.305 e. The maximum Gasteiger partial charge on any atom is 0.305 e. The van der Waals surface area contributed by atoms with Gasteiger partial charge in [0.15, 0.2) is 23.9 Å². The van der Waals surface area contributed by atoms with Crippen LogP contribution in [-0.4, -0.2) is 25.8 Å². The molecule has 1 heterocycles. The van der Waals surface area contributed by atoms with Crippen LogP contribution in [0.5, 0.6) is 11.5 Å². The molecule has 0 bridgehead atoms. The van der Waals surface area contributed by atoms with Gasteiger partial charge in [0.1, 0.15) is 0 Å². The second-order valence-electron chi connectivity index (χ2n) is 4.85. The summed E-state index contributed by atoms with van der Waals surface area (Å²) in [5, 5.41) is 4.13. The Hall–Kier alpha value is -2.89. The van der Waals surface area contributed by atoms with Crippen molar-refractivity contribution in [3.8, 4) is 11.5 Å². The maximum atomic E-state index is 11.9. The molecule has 1 aromatic heterocycles. The zero-order valence-electron chi connectivity index (χ0n) is 13.4. The predicted molar refractivity (Wildman–Crippen MR) is 86.5 cm³/mol. The molecule has 0 fully saturated rings. The van der Waals surface area contributed by atoms with Gasteiger partial charge >= 0.3 is 5.91 Å². The van der Waals surface area contributed by atoms with Gasteiger partial charge in [-0.05, 0) is 25.1 Å². The fourth-order valence-electron chi connectivity index (χ4n) is 2.01. The van der Waals surface area contributed by atoms with Gasteiger partial charge < -0.3 is 9.47 Å². The van der Waals surface area contributed by atoms with E-state index in [0.29, 0.717) is 17.2 Å². The first-order valence-electron chi connectivity index (χ1n) is 7.13. The molecule has 2 rings (SSSR count). The lowest BCUT2D eigenvalue weighted by molar-refractivity contribution is -0.684. The number of pyridine rings is 1. The van der Waals surface area contributed by atoms with Crippen molar-refractivity contribution >= 4 is 11.6 Å². The molecule has 0 saturated carbocycles. The lowest BCUT2D eigenvalue weighted by Crippen LogP contribution is -2.41. The molecule has 120 valence electrons. The highest BCUT2D eigenvalue weighted by Gasteiger charge is 2.09. The number of carbonyl (C=O) groups excluding carboxylic acids is 1. The largest absolute Gasteiger partial charge is 0.493 e. The van der Waals surface area contributed by atoms with E-state index >= 15 is 0 Å². The van der Waals surface area contributed by atoms with Crippen molar-refractivity contribution < 1.29 is 18.8 Å². The molecule has 0 aliphatic rings. The monoisotopic (exact) mass is 314 g/mol. The summed E-state index contributed by atoms with van der Waals surface area (Å²) in [6, 6.07) is 11.1. The van der Waals surface area contributed by atoms with E-state index in [1.807, 2.05) is 49.6 Å². The number of ether oxygens (including phenoxy) is 2. The summed E-state index contributed by atoms with van der Waals surface area (Å²) >= 11 is 0. The highest BCUT2D eigenvalue weighted by molar-refractivity contribution is 5.99. The van der Waals surface area contributed by atoms with Crippen molar-refractivity contribution in [2.24, 2.45) is 5.10 Å². The van der Waals surface area contributed by atoms with Crippen LogP contribution in [0.1, 0.15) is 12.5 Å². The number of amides is 1. The molecular formula is C17H20N3O3+. The van der Waals surface area contributed by atoms with Crippen molar-refractivity contribution in [3.63, 3.8) is 0 Å². The van der Waals surface area contributed by atoms with E-state index in [9.17, 15) is 4.79 Å². The van der Waals surface area contributed by atoms with E-state index < -0.39 is 0 Å². The second-order valence-corrected chi connectivity index (χ2v) is 4.85. The summed E-state index contributed by atoms with van der Waals surface area (Å²) in [5.74, 6) is 1.07. The van der Waals surface area contributed by atoms with Crippen molar-refractivity contribution in [1.29, 1.82) is 0 Å². The number of hydrogen-bond acceptors (Lipinski definition) is 4. The Kier molecular flexibility index (Phi) is 5.68. The quantitative estimate of drug-likeness (QED) is 0.500. The molecule has 2 aromatic rings. The summed E-state index contributed by atoms with van der Waals surface area (Å²) in [6.07, 6.45) is 3.65. The highest BCUT2D eigenvalue weighted by atomic mass is 16.5.